The largest absolute Gasteiger partial charge is 0.491 e. The molecule has 0 aliphatic heterocycles. The quantitative estimate of drug-likeness (QED) is 0.480. The van der Waals surface area contributed by atoms with E-state index >= 15 is 0 Å². The maximum absolute atomic E-state index is 5.94. The third-order valence-corrected chi connectivity index (χ3v) is 3.40. The Morgan fingerprint density at radius 1 is 1.16 bits per heavy atom. The highest BCUT2D eigenvalue weighted by Crippen LogP contribution is 2.18. The zero-order chi connectivity index (χ0) is 13.9. The monoisotopic (exact) mass is 260 g/mol. The van der Waals surface area contributed by atoms with E-state index in [2.05, 4.69) is 20.4 Å². The summed E-state index contributed by atoms with van der Waals surface area (Å²) in [6.45, 7) is 8.20. The highest BCUT2D eigenvalue weighted by Gasteiger charge is 2.04. The zero-order valence-electron chi connectivity index (χ0n) is 12.5. The van der Waals surface area contributed by atoms with Crippen molar-refractivity contribution >= 4 is 6.08 Å². The maximum atomic E-state index is 5.94. The van der Waals surface area contributed by atoms with Gasteiger partial charge in [0.25, 0.3) is 0 Å². The Labute approximate surface area is 118 Å². The van der Waals surface area contributed by atoms with Crippen LogP contribution in [0.5, 0.6) is 5.75 Å². The van der Waals surface area contributed by atoms with Gasteiger partial charge in [-0.25, -0.2) is 0 Å². The van der Waals surface area contributed by atoms with Gasteiger partial charge in [0.1, 0.15) is 5.75 Å². The number of unbranched alkanes of at least 4 members (excludes halogenated alkanes) is 5. The van der Waals surface area contributed by atoms with Crippen molar-refractivity contribution in [2.75, 3.05) is 0 Å². The van der Waals surface area contributed by atoms with E-state index in [1.165, 1.54) is 38.5 Å². The standard InChI is InChI=1S/C18H28O/c1-4-6-7-8-9-10-12-16(3)19-18-14-11-13-17(5-2)15-18/h5,11,13-16H,2,4,6-10,12H2,1,3H3. The Balaban J connectivity index is 2.19. The number of ether oxygens (including phenoxy) is 1. The van der Waals surface area contributed by atoms with Gasteiger partial charge in [-0.2, -0.15) is 0 Å². The normalized spacial score (nSPS) is 12.1. The molecule has 1 rings (SSSR count). The van der Waals surface area contributed by atoms with Crippen molar-refractivity contribution in [2.45, 2.75) is 64.9 Å². The highest BCUT2D eigenvalue weighted by molar-refractivity contribution is 5.49. The van der Waals surface area contributed by atoms with Gasteiger partial charge in [0.05, 0.1) is 6.10 Å². The van der Waals surface area contributed by atoms with Crippen LogP contribution in [0.2, 0.25) is 0 Å². The first kappa shape index (κ1) is 15.8. The molecule has 1 nitrogen and oxygen atoms in total. The van der Waals surface area contributed by atoms with Crippen LogP contribution in [0.25, 0.3) is 6.08 Å². The first-order chi connectivity index (χ1) is 9.26. The number of benzene rings is 1. The van der Waals surface area contributed by atoms with Crippen LogP contribution in [0.4, 0.5) is 0 Å². The Bertz CT molecular complexity index is 356. The van der Waals surface area contributed by atoms with E-state index in [9.17, 15) is 0 Å². The first-order valence-electron chi connectivity index (χ1n) is 7.65. The summed E-state index contributed by atoms with van der Waals surface area (Å²) < 4.78 is 5.94. The minimum atomic E-state index is 0.297. The van der Waals surface area contributed by atoms with Gasteiger partial charge in [-0.15, -0.1) is 0 Å². The molecular weight excluding hydrogens is 232 g/mol. The van der Waals surface area contributed by atoms with Crippen LogP contribution in [0.15, 0.2) is 30.8 Å². The molecule has 0 radical (unpaired) electrons. The summed E-state index contributed by atoms with van der Waals surface area (Å²) in [5.74, 6) is 0.955. The molecule has 0 aliphatic carbocycles. The van der Waals surface area contributed by atoms with E-state index < -0.39 is 0 Å². The molecular formula is C18H28O. The van der Waals surface area contributed by atoms with Crippen molar-refractivity contribution in [3.8, 4) is 5.75 Å². The fourth-order valence-corrected chi connectivity index (χ4v) is 2.22. The Kier molecular flexibility index (Phi) is 8.04. The molecule has 0 aromatic heterocycles. The number of rotatable bonds is 10. The third-order valence-electron chi connectivity index (χ3n) is 3.40. The summed E-state index contributed by atoms with van der Waals surface area (Å²) in [5, 5.41) is 0. The SMILES string of the molecule is C=Cc1cccc(OC(C)CCCCCCCC)c1. The van der Waals surface area contributed by atoms with E-state index in [-0.39, 0.29) is 0 Å². The van der Waals surface area contributed by atoms with Gasteiger partial charge in [0.2, 0.25) is 0 Å². The van der Waals surface area contributed by atoms with Crippen molar-refractivity contribution in [3.63, 3.8) is 0 Å². The smallest absolute Gasteiger partial charge is 0.120 e. The molecule has 1 heteroatoms. The molecule has 0 fully saturated rings. The lowest BCUT2D eigenvalue weighted by Gasteiger charge is -2.15. The lowest BCUT2D eigenvalue weighted by Crippen LogP contribution is -2.11. The van der Waals surface area contributed by atoms with Crippen molar-refractivity contribution in [3.05, 3.63) is 36.4 Å². The van der Waals surface area contributed by atoms with Gasteiger partial charge in [0.15, 0.2) is 0 Å². The van der Waals surface area contributed by atoms with Crippen LogP contribution in [-0.4, -0.2) is 6.10 Å². The molecule has 0 saturated heterocycles. The third kappa shape index (κ3) is 7.05. The fraction of sp³-hybridized carbons (Fsp3) is 0.556. The van der Waals surface area contributed by atoms with Gasteiger partial charge in [0, 0.05) is 0 Å². The molecule has 0 heterocycles. The van der Waals surface area contributed by atoms with Crippen molar-refractivity contribution in [1.82, 2.24) is 0 Å². The molecule has 1 unspecified atom stereocenters. The number of hydrogen-bond acceptors (Lipinski definition) is 1. The van der Waals surface area contributed by atoms with E-state index in [0.717, 1.165) is 17.7 Å². The van der Waals surface area contributed by atoms with Crippen LogP contribution in [0.3, 0.4) is 0 Å². The second kappa shape index (κ2) is 9.66. The van der Waals surface area contributed by atoms with Gasteiger partial charge in [-0.05, 0) is 37.5 Å². The summed E-state index contributed by atoms with van der Waals surface area (Å²) in [5.41, 5.74) is 1.12. The lowest BCUT2D eigenvalue weighted by atomic mass is 10.1. The molecule has 1 aromatic rings. The van der Waals surface area contributed by atoms with Crippen molar-refractivity contribution < 1.29 is 4.74 Å². The minimum absolute atomic E-state index is 0.297. The predicted molar refractivity (Wildman–Crippen MR) is 84.6 cm³/mol. The van der Waals surface area contributed by atoms with Crippen LogP contribution in [-0.2, 0) is 0 Å². The molecule has 0 aliphatic rings. The topological polar surface area (TPSA) is 9.23 Å². The van der Waals surface area contributed by atoms with Crippen LogP contribution in [0, 0.1) is 0 Å². The maximum Gasteiger partial charge on any atom is 0.120 e. The van der Waals surface area contributed by atoms with Gasteiger partial charge >= 0.3 is 0 Å². The molecule has 0 N–H and O–H groups in total. The lowest BCUT2D eigenvalue weighted by molar-refractivity contribution is 0.206. The first-order valence-corrected chi connectivity index (χ1v) is 7.65. The summed E-state index contributed by atoms with van der Waals surface area (Å²) in [4.78, 5) is 0. The fourth-order valence-electron chi connectivity index (χ4n) is 2.22. The second-order valence-electron chi connectivity index (χ2n) is 5.26. The van der Waals surface area contributed by atoms with E-state index in [0.29, 0.717) is 6.10 Å². The molecule has 0 amide bonds. The summed E-state index contributed by atoms with van der Waals surface area (Å²) in [6.07, 6.45) is 11.3. The second-order valence-corrected chi connectivity index (χ2v) is 5.26. The molecule has 106 valence electrons. The summed E-state index contributed by atoms with van der Waals surface area (Å²) in [6, 6.07) is 8.12. The summed E-state index contributed by atoms with van der Waals surface area (Å²) in [7, 11) is 0. The van der Waals surface area contributed by atoms with Crippen LogP contribution < -0.4 is 4.74 Å². The van der Waals surface area contributed by atoms with Crippen LogP contribution in [0.1, 0.15) is 64.4 Å². The molecule has 0 bridgehead atoms. The predicted octanol–water partition coefficient (Wildman–Crippen LogP) is 5.85. The zero-order valence-corrected chi connectivity index (χ0v) is 12.5. The molecule has 1 aromatic carbocycles. The van der Waals surface area contributed by atoms with E-state index in [1.54, 1.807) is 0 Å². The van der Waals surface area contributed by atoms with Gasteiger partial charge in [-0.1, -0.05) is 63.8 Å². The average molecular weight is 260 g/mol. The molecule has 0 spiro atoms. The Morgan fingerprint density at radius 3 is 2.63 bits per heavy atom. The Morgan fingerprint density at radius 2 is 1.89 bits per heavy atom. The van der Waals surface area contributed by atoms with Crippen molar-refractivity contribution in [2.24, 2.45) is 0 Å². The van der Waals surface area contributed by atoms with Crippen LogP contribution >= 0.6 is 0 Å². The van der Waals surface area contributed by atoms with E-state index in [4.69, 9.17) is 4.74 Å². The minimum Gasteiger partial charge on any atom is -0.491 e. The van der Waals surface area contributed by atoms with Gasteiger partial charge < -0.3 is 4.74 Å². The highest BCUT2D eigenvalue weighted by atomic mass is 16.5. The summed E-state index contributed by atoms with van der Waals surface area (Å²) >= 11 is 0. The van der Waals surface area contributed by atoms with Crippen molar-refractivity contribution in [1.29, 1.82) is 0 Å². The molecule has 0 saturated carbocycles. The Hall–Kier alpha value is -1.24. The average Bonchev–Trinajstić information content (AvgIpc) is 2.43. The molecule has 1 atom stereocenters. The molecule has 19 heavy (non-hydrogen) atoms. The van der Waals surface area contributed by atoms with E-state index in [1.807, 2.05) is 30.3 Å². The number of hydrogen-bond donors (Lipinski definition) is 0. The van der Waals surface area contributed by atoms with Gasteiger partial charge in [-0.3, -0.25) is 0 Å².